The van der Waals surface area contributed by atoms with Crippen LogP contribution >= 0.6 is 0 Å². The van der Waals surface area contributed by atoms with E-state index in [2.05, 4.69) is 15.3 Å². The van der Waals surface area contributed by atoms with E-state index in [9.17, 15) is 9.59 Å². The van der Waals surface area contributed by atoms with Crippen LogP contribution in [0.25, 0.3) is 0 Å². The van der Waals surface area contributed by atoms with Crippen molar-refractivity contribution in [2.75, 3.05) is 0 Å². The second kappa shape index (κ2) is 4.56. The van der Waals surface area contributed by atoms with Crippen molar-refractivity contribution in [1.29, 1.82) is 0 Å². The molecule has 0 spiro atoms. The molecule has 1 heterocycles. The number of aliphatic hydroxyl groups excluding tert-OH is 1. The van der Waals surface area contributed by atoms with Gasteiger partial charge in [0, 0.05) is 0 Å². The third kappa shape index (κ3) is 2.78. The molecular formula is C8H11N3O4. The smallest absolute Gasteiger partial charge is 0.328 e. The average molecular weight is 213 g/mol. The minimum absolute atomic E-state index is 0.141. The Morgan fingerprint density at radius 3 is 2.67 bits per heavy atom. The second-order valence-corrected chi connectivity index (χ2v) is 3.00. The number of rotatable bonds is 4. The topological polar surface area (TPSA) is 115 Å². The van der Waals surface area contributed by atoms with Gasteiger partial charge in [-0.2, -0.15) is 0 Å². The Hall–Kier alpha value is -1.89. The Morgan fingerprint density at radius 2 is 2.27 bits per heavy atom. The van der Waals surface area contributed by atoms with E-state index < -0.39 is 24.0 Å². The van der Waals surface area contributed by atoms with Crippen LogP contribution in [-0.4, -0.2) is 44.2 Å². The first-order valence-corrected chi connectivity index (χ1v) is 4.22. The zero-order valence-corrected chi connectivity index (χ0v) is 7.97. The van der Waals surface area contributed by atoms with Gasteiger partial charge in [0.25, 0.3) is 5.91 Å². The van der Waals surface area contributed by atoms with Gasteiger partial charge in [-0.05, 0) is 6.92 Å². The van der Waals surface area contributed by atoms with Gasteiger partial charge in [0.1, 0.15) is 5.69 Å². The highest BCUT2D eigenvalue weighted by atomic mass is 16.4. The van der Waals surface area contributed by atoms with E-state index in [1.165, 1.54) is 19.4 Å². The summed E-state index contributed by atoms with van der Waals surface area (Å²) >= 11 is 0. The molecule has 82 valence electrons. The molecular weight excluding hydrogens is 202 g/mol. The number of H-pyrrole nitrogens is 1. The minimum atomic E-state index is -1.33. The first-order chi connectivity index (χ1) is 7.02. The van der Waals surface area contributed by atoms with Crippen molar-refractivity contribution in [3.05, 3.63) is 18.2 Å². The molecule has 2 atom stereocenters. The largest absolute Gasteiger partial charge is 0.480 e. The van der Waals surface area contributed by atoms with Crippen LogP contribution in [0.5, 0.6) is 0 Å². The van der Waals surface area contributed by atoms with E-state index in [1.54, 1.807) is 0 Å². The number of carbonyl (C=O) groups excluding carboxylic acids is 1. The van der Waals surface area contributed by atoms with Crippen LogP contribution in [0.4, 0.5) is 0 Å². The number of carbonyl (C=O) groups is 2. The molecule has 7 nitrogen and oxygen atoms in total. The van der Waals surface area contributed by atoms with Crippen LogP contribution in [-0.2, 0) is 4.79 Å². The monoisotopic (exact) mass is 213 g/mol. The lowest BCUT2D eigenvalue weighted by Gasteiger charge is -2.16. The fourth-order valence-corrected chi connectivity index (χ4v) is 0.988. The fourth-order valence-electron chi connectivity index (χ4n) is 0.988. The van der Waals surface area contributed by atoms with E-state index >= 15 is 0 Å². The predicted molar refractivity (Wildman–Crippen MR) is 49.2 cm³/mol. The van der Waals surface area contributed by atoms with Gasteiger partial charge < -0.3 is 20.5 Å². The van der Waals surface area contributed by atoms with Crippen molar-refractivity contribution in [1.82, 2.24) is 15.3 Å². The number of nitrogens with zero attached hydrogens (tertiary/aromatic N) is 1. The highest BCUT2D eigenvalue weighted by Gasteiger charge is 2.25. The van der Waals surface area contributed by atoms with Crippen molar-refractivity contribution >= 4 is 11.9 Å². The van der Waals surface area contributed by atoms with E-state index in [0.717, 1.165) is 0 Å². The van der Waals surface area contributed by atoms with Crippen molar-refractivity contribution < 1.29 is 19.8 Å². The molecule has 0 saturated carbocycles. The summed E-state index contributed by atoms with van der Waals surface area (Å²) in [5.41, 5.74) is 0.141. The third-order valence-corrected chi connectivity index (χ3v) is 1.78. The van der Waals surface area contributed by atoms with Gasteiger partial charge >= 0.3 is 5.97 Å². The van der Waals surface area contributed by atoms with E-state index in [-0.39, 0.29) is 5.69 Å². The number of carboxylic acid groups (broad SMARTS) is 1. The number of carboxylic acids is 1. The fraction of sp³-hybridized carbons (Fsp3) is 0.375. The molecule has 0 bridgehead atoms. The van der Waals surface area contributed by atoms with E-state index in [4.69, 9.17) is 10.2 Å². The summed E-state index contributed by atoms with van der Waals surface area (Å²) in [6.07, 6.45) is 1.39. The number of aromatic amines is 1. The summed E-state index contributed by atoms with van der Waals surface area (Å²) in [4.78, 5) is 28.2. The SMILES string of the molecule is CC(O)C(NC(=O)c1cnc[nH]1)C(=O)O. The number of hydrogen-bond acceptors (Lipinski definition) is 4. The Balaban J connectivity index is 2.67. The van der Waals surface area contributed by atoms with E-state index in [0.29, 0.717) is 0 Å². The molecule has 0 aliphatic carbocycles. The van der Waals surface area contributed by atoms with Gasteiger partial charge in [-0.15, -0.1) is 0 Å². The molecule has 4 N–H and O–H groups in total. The maximum absolute atomic E-state index is 11.4. The first kappa shape index (κ1) is 11.2. The number of amides is 1. The number of aromatic nitrogens is 2. The highest BCUT2D eigenvalue weighted by molar-refractivity contribution is 5.94. The lowest BCUT2D eigenvalue weighted by atomic mass is 10.2. The number of imidazole rings is 1. The van der Waals surface area contributed by atoms with Crippen molar-refractivity contribution in [3.8, 4) is 0 Å². The molecule has 0 aromatic carbocycles. The zero-order valence-electron chi connectivity index (χ0n) is 7.97. The summed E-state index contributed by atoms with van der Waals surface area (Å²) in [6, 6.07) is -1.33. The van der Waals surface area contributed by atoms with Crippen molar-refractivity contribution in [2.24, 2.45) is 0 Å². The maximum atomic E-state index is 11.4. The summed E-state index contributed by atoms with van der Waals surface area (Å²) in [5.74, 6) is -1.92. The Morgan fingerprint density at radius 1 is 1.60 bits per heavy atom. The number of nitrogens with one attached hydrogen (secondary N) is 2. The van der Waals surface area contributed by atoms with Crippen molar-refractivity contribution in [3.63, 3.8) is 0 Å². The zero-order chi connectivity index (χ0) is 11.4. The number of hydrogen-bond donors (Lipinski definition) is 4. The molecule has 1 rings (SSSR count). The lowest BCUT2D eigenvalue weighted by Crippen LogP contribution is -2.47. The van der Waals surface area contributed by atoms with Gasteiger partial charge in [0.15, 0.2) is 6.04 Å². The maximum Gasteiger partial charge on any atom is 0.328 e. The molecule has 7 heteroatoms. The Labute approximate surface area is 85.1 Å². The van der Waals surface area contributed by atoms with Crippen LogP contribution in [0, 0.1) is 0 Å². The first-order valence-electron chi connectivity index (χ1n) is 4.22. The van der Waals surface area contributed by atoms with Gasteiger partial charge in [0.05, 0.1) is 18.6 Å². The van der Waals surface area contributed by atoms with Gasteiger partial charge in [-0.1, -0.05) is 0 Å². The molecule has 1 aromatic rings. The van der Waals surface area contributed by atoms with E-state index in [1.807, 2.05) is 0 Å². The Bertz CT molecular complexity index is 347. The van der Waals surface area contributed by atoms with Crippen LogP contribution < -0.4 is 5.32 Å². The summed E-state index contributed by atoms with van der Waals surface area (Å²) in [7, 11) is 0. The normalized spacial score (nSPS) is 14.3. The molecule has 1 aromatic heterocycles. The highest BCUT2D eigenvalue weighted by Crippen LogP contribution is 1.97. The molecule has 0 aliphatic heterocycles. The molecule has 15 heavy (non-hydrogen) atoms. The standard InChI is InChI=1S/C8H11N3O4/c1-4(12)6(8(14)15)11-7(13)5-2-9-3-10-5/h2-4,6,12H,1H3,(H,9,10)(H,11,13)(H,14,15). The van der Waals surface area contributed by atoms with Crippen molar-refractivity contribution in [2.45, 2.75) is 19.1 Å². The van der Waals surface area contributed by atoms with Gasteiger partial charge in [-0.3, -0.25) is 4.79 Å². The quantitative estimate of drug-likeness (QED) is 0.510. The van der Waals surface area contributed by atoms with Gasteiger partial charge in [0.2, 0.25) is 0 Å². The summed E-state index contributed by atoms with van der Waals surface area (Å²) in [5, 5.41) is 20.0. The van der Waals surface area contributed by atoms with Crippen LogP contribution in [0.2, 0.25) is 0 Å². The van der Waals surface area contributed by atoms with Crippen LogP contribution in [0.3, 0.4) is 0 Å². The molecule has 0 fully saturated rings. The summed E-state index contributed by atoms with van der Waals surface area (Å²) in [6.45, 7) is 1.28. The van der Waals surface area contributed by atoms with Gasteiger partial charge in [-0.25, -0.2) is 9.78 Å². The second-order valence-electron chi connectivity index (χ2n) is 3.00. The average Bonchev–Trinajstić information content (AvgIpc) is 2.65. The lowest BCUT2D eigenvalue weighted by molar-refractivity contribution is -0.141. The third-order valence-electron chi connectivity index (χ3n) is 1.78. The van der Waals surface area contributed by atoms with Crippen LogP contribution in [0.15, 0.2) is 12.5 Å². The number of aliphatic carboxylic acids is 1. The molecule has 0 saturated heterocycles. The summed E-state index contributed by atoms with van der Waals surface area (Å²) < 4.78 is 0. The van der Waals surface area contributed by atoms with Crippen LogP contribution in [0.1, 0.15) is 17.4 Å². The molecule has 0 aliphatic rings. The predicted octanol–water partition coefficient (Wildman–Crippen LogP) is -1.03. The molecule has 2 unspecified atom stereocenters. The number of aliphatic hydroxyl groups is 1. The molecule has 1 amide bonds. The minimum Gasteiger partial charge on any atom is -0.480 e. The Kier molecular flexibility index (Phi) is 3.40. The molecule has 0 radical (unpaired) electrons.